The van der Waals surface area contributed by atoms with Gasteiger partial charge in [0.1, 0.15) is 0 Å². The van der Waals surface area contributed by atoms with Crippen molar-refractivity contribution >= 4 is 21.6 Å². The topological polar surface area (TPSA) is 57.7 Å². The monoisotopic (exact) mass is 362 g/mol. The van der Waals surface area contributed by atoms with Crippen LogP contribution in [0.15, 0.2) is 35.9 Å². The molecule has 1 heterocycles. The zero-order chi connectivity index (χ0) is 17.9. The summed E-state index contributed by atoms with van der Waals surface area (Å²) in [5, 5.41) is 0. The molecule has 5 nitrogen and oxygen atoms in total. The molecule has 0 atom stereocenters. The summed E-state index contributed by atoms with van der Waals surface area (Å²) in [7, 11) is -3.41. The summed E-state index contributed by atoms with van der Waals surface area (Å²) in [5.41, 5.74) is 3.38. The van der Waals surface area contributed by atoms with Crippen molar-refractivity contribution in [2.75, 3.05) is 30.8 Å². The number of amides is 1. The van der Waals surface area contributed by atoms with Crippen molar-refractivity contribution in [3.8, 4) is 0 Å². The fourth-order valence-corrected chi connectivity index (χ4v) is 4.36. The Morgan fingerprint density at radius 3 is 2.72 bits per heavy atom. The number of nitrogens with zero attached hydrogens (tertiary/aromatic N) is 2. The molecule has 2 aliphatic rings. The molecule has 1 aromatic carbocycles. The molecule has 25 heavy (non-hydrogen) atoms. The molecule has 0 radical (unpaired) electrons. The Morgan fingerprint density at radius 2 is 2.00 bits per heavy atom. The second-order valence-corrected chi connectivity index (χ2v) is 8.86. The first kappa shape index (κ1) is 18.1. The molecule has 0 N–H and O–H groups in total. The highest BCUT2D eigenvalue weighted by Gasteiger charge is 2.28. The van der Waals surface area contributed by atoms with E-state index in [0.717, 1.165) is 36.9 Å². The van der Waals surface area contributed by atoms with Crippen LogP contribution in [-0.2, 0) is 21.2 Å². The highest BCUT2D eigenvalue weighted by molar-refractivity contribution is 7.88. The molecule has 6 heteroatoms. The van der Waals surface area contributed by atoms with Crippen LogP contribution in [-0.4, -0.2) is 44.5 Å². The normalized spacial score (nSPS) is 17.5. The molecule has 1 aliphatic carbocycles. The van der Waals surface area contributed by atoms with Gasteiger partial charge in [0, 0.05) is 18.8 Å². The van der Waals surface area contributed by atoms with Crippen LogP contribution in [0.25, 0.3) is 0 Å². The van der Waals surface area contributed by atoms with Gasteiger partial charge in [0.05, 0.1) is 12.8 Å². The summed E-state index contributed by atoms with van der Waals surface area (Å²) in [4.78, 5) is 14.4. The third kappa shape index (κ3) is 4.50. The van der Waals surface area contributed by atoms with E-state index in [1.54, 1.807) is 4.90 Å². The minimum absolute atomic E-state index is 0.0829. The molecule has 0 spiro atoms. The number of hydrogen-bond donors (Lipinski definition) is 0. The first-order valence-electron chi connectivity index (χ1n) is 8.96. The molecule has 3 rings (SSSR count). The molecule has 1 aromatic rings. The number of sulfonamides is 1. The minimum Gasteiger partial charge on any atom is -0.311 e. The van der Waals surface area contributed by atoms with Gasteiger partial charge in [-0.05, 0) is 50.2 Å². The molecule has 0 saturated carbocycles. The van der Waals surface area contributed by atoms with Crippen LogP contribution in [0.4, 0.5) is 5.69 Å². The van der Waals surface area contributed by atoms with Gasteiger partial charge in [0.25, 0.3) is 0 Å². The zero-order valence-corrected chi connectivity index (χ0v) is 15.6. The molecule has 1 amide bonds. The highest BCUT2D eigenvalue weighted by Crippen LogP contribution is 2.28. The first-order chi connectivity index (χ1) is 11.9. The Balaban J connectivity index is 1.66. The zero-order valence-electron chi connectivity index (χ0n) is 14.8. The minimum atomic E-state index is -3.41. The van der Waals surface area contributed by atoms with Crippen molar-refractivity contribution in [1.29, 1.82) is 0 Å². The van der Waals surface area contributed by atoms with E-state index >= 15 is 0 Å². The number of anilines is 1. The highest BCUT2D eigenvalue weighted by atomic mass is 32.2. The van der Waals surface area contributed by atoms with Crippen molar-refractivity contribution in [3.05, 3.63) is 41.5 Å². The molecular weight excluding hydrogens is 336 g/mol. The summed E-state index contributed by atoms with van der Waals surface area (Å²) in [5.74, 6) is -0.145. The molecule has 0 aromatic heterocycles. The van der Waals surface area contributed by atoms with E-state index in [1.807, 2.05) is 24.3 Å². The van der Waals surface area contributed by atoms with Crippen molar-refractivity contribution in [3.63, 3.8) is 0 Å². The van der Waals surface area contributed by atoms with Crippen molar-refractivity contribution in [2.24, 2.45) is 0 Å². The predicted molar refractivity (Wildman–Crippen MR) is 100 cm³/mol. The van der Waals surface area contributed by atoms with Gasteiger partial charge in [0.2, 0.25) is 15.9 Å². The van der Waals surface area contributed by atoms with Gasteiger partial charge in [-0.15, -0.1) is 0 Å². The second-order valence-electron chi connectivity index (χ2n) is 6.88. The number of rotatable bonds is 6. The van der Waals surface area contributed by atoms with E-state index in [0.29, 0.717) is 13.1 Å². The summed E-state index contributed by atoms with van der Waals surface area (Å²) >= 11 is 0. The lowest BCUT2D eigenvalue weighted by atomic mass is 9.97. The number of carbonyl (C=O) groups excluding carboxylic acids is 1. The fourth-order valence-electron chi connectivity index (χ4n) is 3.60. The maximum Gasteiger partial charge on any atom is 0.242 e. The molecule has 136 valence electrons. The van der Waals surface area contributed by atoms with Gasteiger partial charge in [0.15, 0.2) is 0 Å². The van der Waals surface area contributed by atoms with Gasteiger partial charge < -0.3 is 4.90 Å². The summed E-state index contributed by atoms with van der Waals surface area (Å²) in [6, 6.07) is 7.83. The average molecular weight is 362 g/mol. The van der Waals surface area contributed by atoms with Gasteiger partial charge >= 0.3 is 0 Å². The van der Waals surface area contributed by atoms with E-state index in [2.05, 4.69) is 6.08 Å². The average Bonchev–Trinajstić information content (AvgIpc) is 3.02. The Hall–Kier alpha value is -1.66. The number of allylic oxidation sites excluding steroid dienone is 1. The molecule has 0 bridgehead atoms. The second kappa shape index (κ2) is 7.70. The molecule has 0 fully saturated rings. The van der Waals surface area contributed by atoms with Crippen molar-refractivity contribution in [1.82, 2.24) is 4.31 Å². The largest absolute Gasteiger partial charge is 0.311 e. The van der Waals surface area contributed by atoms with Crippen molar-refractivity contribution < 1.29 is 13.2 Å². The van der Waals surface area contributed by atoms with Gasteiger partial charge in [-0.3, -0.25) is 4.79 Å². The number of carbonyl (C=O) groups is 1. The summed E-state index contributed by atoms with van der Waals surface area (Å²) < 4.78 is 25.6. The Bertz CT molecular complexity index is 771. The van der Waals surface area contributed by atoms with Crippen LogP contribution in [0.5, 0.6) is 0 Å². The quantitative estimate of drug-likeness (QED) is 0.731. The third-order valence-electron chi connectivity index (χ3n) is 5.04. The van der Waals surface area contributed by atoms with E-state index < -0.39 is 10.0 Å². The van der Waals surface area contributed by atoms with Gasteiger partial charge in [-0.2, -0.15) is 4.31 Å². The van der Waals surface area contributed by atoms with Crippen LogP contribution in [0.2, 0.25) is 0 Å². The van der Waals surface area contributed by atoms with Gasteiger partial charge in [-0.25, -0.2) is 8.42 Å². The van der Waals surface area contributed by atoms with Crippen LogP contribution < -0.4 is 4.90 Å². The van der Waals surface area contributed by atoms with Crippen LogP contribution >= 0.6 is 0 Å². The number of hydrogen-bond acceptors (Lipinski definition) is 3. The Labute approximate surface area is 150 Å². The molecule has 1 aliphatic heterocycles. The third-order valence-corrected chi connectivity index (χ3v) is 6.29. The lowest BCUT2D eigenvalue weighted by Gasteiger charge is -2.24. The SMILES string of the molecule is CS(=O)(=O)N(CCC1=CCCCC1)CC(=O)N1CCc2ccccc21. The Morgan fingerprint density at radius 1 is 1.20 bits per heavy atom. The number of fused-ring (bicyclic) bond motifs is 1. The Kier molecular flexibility index (Phi) is 5.59. The number of para-hydroxylation sites is 1. The summed E-state index contributed by atoms with van der Waals surface area (Å²) in [6.07, 6.45) is 9.48. The standard InChI is InChI=1S/C19H26N2O3S/c1-25(23,24)20(13-11-16-7-3-2-4-8-16)15-19(22)21-14-12-17-9-5-6-10-18(17)21/h5-7,9-10H,2-4,8,11-15H2,1H3. The molecular formula is C19H26N2O3S. The van der Waals surface area contributed by atoms with Crippen molar-refractivity contribution in [2.45, 2.75) is 38.5 Å². The molecule has 0 unspecified atom stereocenters. The number of benzene rings is 1. The lowest BCUT2D eigenvalue weighted by Crippen LogP contribution is -2.42. The van der Waals surface area contributed by atoms with E-state index in [4.69, 9.17) is 0 Å². The van der Waals surface area contributed by atoms with Crippen LogP contribution in [0.3, 0.4) is 0 Å². The van der Waals surface area contributed by atoms with Crippen LogP contribution in [0.1, 0.15) is 37.7 Å². The van der Waals surface area contributed by atoms with E-state index in [9.17, 15) is 13.2 Å². The van der Waals surface area contributed by atoms with Crippen LogP contribution in [0, 0.1) is 0 Å². The molecule has 0 saturated heterocycles. The maximum absolute atomic E-state index is 12.7. The first-order valence-corrected chi connectivity index (χ1v) is 10.8. The lowest BCUT2D eigenvalue weighted by molar-refractivity contribution is -0.118. The fraction of sp³-hybridized carbons (Fsp3) is 0.526. The van der Waals surface area contributed by atoms with Gasteiger partial charge in [-0.1, -0.05) is 29.8 Å². The smallest absolute Gasteiger partial charge is 0.242 e. The van der Waals surface area contributed by atoms with E-state index in [-0.39, 0.29) is 12.5 Å². The maximum atomic E-state index is 12.7. The van der Waals surface area contributed by atoms with E-state index in [1.165, 1.54) is 29.0 Å². The summed E-state index contributed by atoms with van der Waals surface area (Å²) in [6.45, 7) is 0.924. The predicted octanol–water partition coefficient (Wildman–Crippen LogP) is 2.73.